The Bertz CT molecular complexity index is 1200. The molecule has 1 saturated heterocycles. The number of aromatic nitrogens is 1. The molecular weight excluding hydrogens is 429 g/mol. The minimum absolute atomic E-state index is 0.00477. The molecule has 3 aromatic rings. The lowest BCUT2D eigenvalue weighted by molar-refractivity contribution is -0.127. The third kappa shape index (κ3) is 3.62. The zero-order chi connectivity index (χ0) is 22.3. The van der Waals surface area contributed by atoms with E-state index in [9.17, 15) is 14.0 Å². The second-order valence-corrected chi connectivity index (χ2v) is 9.12. The number of halogens is 2. The van der Waals surface area contributed by atoms with Crippen LogP contribution < -0.4 is 10.2 Å². The molecular formula is C25H23ClFN3O2. The summed E-state index contributed by atoms with van der Waals surface area (Å²) in [7, 11) is 0. The molecule has 164 valence electrons. The molecule has 2 heterocycles. The summed E-state index contributed by atoms with van der Waals surface area (Å²) in [5.74, 6) is -0.552. The summed E-state index contributed by atoms with van der Waals surface area (Å²) in [5.41, 5.74) is 0.557. The molecule has 1 aliphatic heterocycles. The van der Waals surface area contributed by atoms with E-state index < -0.39 is 11.2 Å². The van der Waals surface area contributed by atoms with Crippen molar-refractivity contribution in [3.63, 3.8) is 0 Å². The van der Waals surface area contributed by atoms with Crippen molar-refractivity contribution in [1.29, 1.82) is 0 Å². The van der Waals surface area contributed by atoms with Crippen LogP contribution in [-0.2, 0) is 4.79 Å². The highest BCUT2D eigenvalue weighted by Crippen LogP contribution is 2.47. The number of rotatable bonds is 3. The fourth-order valence-electron chi connectivity index (χ4n) is 5.08. The van der Waals surface area contributed by atoms with Gasteiger partial charge in [0.1, 0.15) is 11.5 Å². The molecule has 7 heteroatoms. The minimum Gasteiger partial charge on any atom is -0.348 e. The van der Waals surface area contributed by atoms with Crippen molar-refractivity contribution in [1.82, 2.24) is 10.3 Å². The zero-order valence-corrected chi connectivity index (χ0v) is 18.2. The lowest BCUT2D eigenvalue weighted by atomic mass is 9.71. The standard InChI is InChI=1S/C25H23ClFN3O2/c26-20-15-17(27)5-6-21(20)30-14-12-25(24(30)32)10-7-18(8-11-25)29-23(31)22-19-4-2-1-3-16(19)9-13-28-22/h1-6,9,13,15,18H,7-8,10-12,14H2,(H,29,31). The largest absolute Gasteiger partial charge is 0.348 e. The quantitative estimate of drug-likeness (QED) is 0.601. The fourth-order valence-corrected chi connectivity index (χ4v) is 5.35. The van der Waals surface area contributed by atoms with E-state index in [0.717, 1.165) is 30.0 Å². The molecule has 1 spiro atoms. The molecule has 0 radical (unpaired) electrons. The summed E-state index contributed by atoms with van der Waals surface area (Å²) >= 11 is 6.20. The molecule has 0 atom stereocenters. The van der Waals surface area contributed by atoms with Crippen LogP contribution in [0.25, 0.3) is 10.8 Å². The van der Waals surface area contributed by atoms with Crippen LogP contribution in [0, 0.1) is 11.2 Å². The molecule has 2 amide bonds. The van der Waals surface area contributed by atoms with Crippen LogP contribution in [0.1, 0.15) is 42.6 Å². The van der Waals surface area contributed by atoms with Crippen LogP contribution in [0.5, 0.6) is 0 Å². The van der Waals surface area contributed by atoms with Crippen molar-refractivity contribution < 1.29 is 14.0 Å². The molecule has 1 N–H and O–H groups in total. The topological polar surface area (TPSA) is 62.3 Å². The number of carbonyl (C=O) groups excluding carboxylic acids is 2. The van der Waals surface area contributed by atoms with Gasteiger partial charge in [-0.25, -0.2) is 4.39 Å². The maximum absolute atomic E-state index is 13.4. The predicted molar refractivity (Wildman–Crippen MR) is 122 cm³/mol. The molecule has 32 heavy (non-hydrogen) atoms. The second kappa shape index (κ2) is 8.17. The van der Waals surface area contributed by atoms with Crippen LogP contribution in [0.2, 0.25) is 5.02 Å². The van der Waals surface area contributed by atoms with Gasteiger partial charge in [0.15, 0.2) is 0 Å². The first-order valence-corrected chi connectivity index (χ1v) is 11.3. The van der Waals surface area contributed by atoms with Gasteiger partial charge < -0.3 is 10.2 Å². The number of pyridine rings is 1. The molecule has 5 rings (SSSR count). The van der Waals surface area contributed by atoms with Gasteiger partial charge in [0, 0.05) is 24.2 Å². The van der Waals surface area contributed by atoms with Gasteiger partial charge in [-0.1, -0.05) is 35.9 Å². The first-order chi connectivity index (χ1) is 15.5. The van der Waals surface area contributed by atoms with E-state index in [4.69, 9.17) is 11.6 Å². The number of nitrogens with zero attached hydrogens (tertiary/aromatic N) is 2. The van der Waals surface area contributed by atoms with Crippen LogP contribution in [0.3, 0.4) is 0 Å². The van der Waals surface area contributed by atoms with Crippen molar-refractivity contribution in [2.45, 2.75) is 38.1 Å². The second-order valence-electron chi connectivity index (χ2n) is 8.71. The fraction of sp³-hybridized carbons (Fsp3) is 0.320. The minimum atomic E-state index is -0.434. The SMILES string of the molecule is O=C(NC1CCC2(CC1)CCN(c1ccc(F)cc1Cl)C2=O)c1nccc2ccccc12. The van der Waals surface area contributed by atoms with Gasteiger partial charge in [-0.3, -0.25) is 14.6 Å². The van der Waals surface area contributed by atoms with Crippen LogP contribution in [-0.4, -0.2) is 29.4 Å². The van der Waals surface area contributed by atoms with Crippen molar-refractivity contribution in [2.24, 2.45) is 5.41 Å². The molecule has 1 saturated carbocycles. The third-order valence-corrected chi connectivity index (χ3v) is 7.18. The molecule has 5 nitrogen and oxygen atoms in total. The van der Waals surface area contributed by atoms with Gasteiger partial charge in [-0.2, -0.15) is 0 Å². The van der Waals surface area contributed by atoms with Gasteiger partial charge >= 0.3 is 0 Å². The number of carbonyl (C=O) groups is 2. The molecule has 0 bridgehead atoms. The van der Waals surface area contributed by atoms with E-state index in [1.165, 1.54) is 12.1 Å². The van der Waals surface area contributed by atoms with Gasteiger partial charge in [0.25, 0.3) is 5.91 Å². The number of anilines is 1. The molecule has 0 unspecified atom stereocenters. The Morgan fingerprint density at radius 3 is 2.69 bits per heavy atom. The third-order valence-electron chi connectivity index (χ3n) is 6.88. The van der Waals surface area contributed by atoms with E-state index in [0.29, 0.717) is 30.8 Å². The number of hydrogen-bond acceptors (Lipinski definition) is 3. The molecule has 1 aromatic heterocycles. The first kappa shape index (κ1) is 20.9. The highest BCUT2D eigenvalue weighted by atomic mass is 35.5. The summed E-state index contributed by atoms with van der Waals surface area (Å²) in [5, 5.41) is 5.18. The van der Waals surface area contributed by atoms with Gasteiger partial charge in [-0.15, -0.1) is 0 Å². The Hall–Kier alpha value is -2.99. The Balaban J connectivity index is 1.26. The average Bonchev–Trinajstić information content (AvgIpc) is 3.10. The Morgan fingerprint density at radius 1 is 1.12 bits per heavy atom. The van der Waals surface area contributed by atoms with Crippen molar-refractivity contribution in [3.05, 3.63) is 71.3 Å². The summed E-state index contributed by atoms with van der Waals surface area (Å²) in [4.78, 5) is 32.2. The molecule has 2 fully saturated rings. The smallest absolute Gasteiger partial charge is 0.270 e. The number of nitrogens with one attached hydrogen (secondary N) is 1. The van der Waals surface area contributed by atoms with Crippen molar-refractivity contribution in [3.8, 4) is 0 Å². The summed E-state index contributed by atoms with van der Waals surface area (Å²) in [6.07, 6.45) is 5.26. The van der Waals surface area contributed by atoms with Gasteiger partial charge in [0.05, 0.1) is 16.1 Å². The molecule has 1 aliphatic carbocycles. The van der Waals surface area contributed by atoms with E-state index in [-0.39, 0.29) is 22.9 Å². The van der Waals surface area contributed by atoms with Gasteiger partial charge in [0.2, 0.25) is 5.91 Å². The van der Waals surface area contributed by atoms with Crippen LogP contribution in [0.15, 0.2) is 54.7 Å². The first-order valence-electron chi connectivity index (χ1n) is 10.9. The zero-order valence-electron chi connectivity index (χ0n) is 17.5. The highest BCUT2D eigenvalue weighted by Gasteiger charge is 2.49. The summed E-state index contributed by atoms with van der Waals surface area (Å²) in [6, 6.07) is 13.7. The van der Waals surface area contributed by atoms with E-state index >= 15 is 0 Å². The summed E-state index contributed by atoms with van der Waals surface area (Å²) in [6.45, 7) is 0.571. The monoisotopic (exact) mass is 451 g/mol. The Morgan fingerprint density at radius 2 is 1.91 bits per heavy atom. The average molecular weight is 452 g/mol. The van der Waals surface area contributed by atoms with Gasteiger partial charge in [-0.05, 0) is 61.8 Å². The summed E-state index contributed by atoms with van der Waals surface area (Å²) < 4.78 is 13.4. The lowest BCUT2D eigenvalue weighted by Crippen LogP contribution is -2.44. The Labute approximate surface area is 190 Å². The van der Waals surface area contributed by atoms with Crippen molar-refractivity contribution >= 4 is 39.9 Å². The highest BCUT2D eigenvalue weighted by molar-refractivity contribution is 6.34. The molecule has 2 aromatic carbocycles. The maximum Gasteiger partial charge on any atom is 0.270 e. The predicted octanol–water partition coefficient (Wildman–Crippen LogP) is 5.12. The molecule has 2 aliphatic rings. The van der Waals surface area contributed by atoms with E-state index in [2.05, 4.69) is 10.3 Å². The number of benzene rings is 2. The van der Waals surface area contributed by atoms with E-state index in [1.54, 1.807) is 17.2 Å². The maximum atomic E-state index is 13.4. The number of fused-ring (bicyclic) bond motifs is 1. The van der Waals surface area contributed by atoms with Crippen LogP contribution >= 0.6 is 11.6 Å². The number of hydrogen-bond donors (Lipinski definition) is 1. The Kier molecular flexibility index (Phi) is 5.33. The lowest BCUT2D eigenvalue weighted by Gasteiger charge is -2.36. The van der Waals surface area contributed by atoms with Crippen molar-refractivity contribution in [2.75, 3.05) is 11.4 Å². The van der Waals surface area contributed by atoms with Crippen LogP contribution in [0.4, 0.5) is 10.1 Å². The normalized spacial score (nSPS) is 23.1. The van der Waals surface area contributed by atoms with E-state index in [1.807, 2.05) is 30.3 Å². The number of amides is 2.